The van der Waals surface area contributed by atoms with Crippen LogP contribution in [0.4, 0.5) is 0 Å². The summed E-state index contributed by atoms with van der Waals surface area (Å²) in [4.78, 5) is 39.5. The van der Waals surface area contributed by atoms with E-state index in [9.17, 15) is 27.9 Å². The molecule has 11 nitrogen and oxygen atoms in total. The summed E-state index contributed by atoms with van der Waals surface area (Å²) < 4.78 is 39.5. The Morgan fingerprint density at radius 1 is 1.21 bits per heavy atom. The van der Waals surface area contributed by atoms with E-state index in [2.05, 4.69) is 10.3 Å². The Morgan fingerprint density at radius 2 is 1.88 bits per heavy atom. The van der Waals surface area contributed by atoms with Gasteiger partial charge in [0.15, 0.2) is 5.60 Å². The molecular formula is C21H32N2O9S. The third-order valence-corrected chi connectivity index (χ3v) is 6.23. The molecule has 1 heterocycles. The van der Waals surface area contributed by atoms with Gasteiger partial charge in [-0.05, 0) is 25.5 Å². The van der Waals surface area contributed by atoms with Crippen LogP contribution in [-0.4, -0.2) is 67.1 Å². The Morgan fingerprint density at radius 3 is 2.42 bits per heavy atom. The number of hydrogen-bond acceptors (Lipinski definition) is 10. The van der Waals surface area contributed by atoms with Crippen LogP contribution in [0.3, 0.4) is 0 Å². The Labute approximate surface area is 193 Å². The first-order valence-electron chi connectivity index (χ1n) is 10.4. The molecule has 1 rings (SSSR count). The van der Waals surface area contributed by atoms with Gasteiger partial charge in [-0.1, -0.05) is 20.8 Å². The van der Waals surface area contributed by atoms with Gasteiger partial charge in [0, 0.05) is 37.7 Å². The third kappa shape index (κ3) is 9.06. The van der Waals surface area contributed by atoms with Crippen molar-refractivity contribution in [3.8, 4) is 0 Å². The number of ether oxygens (including phenoxy) is 2. The van der Waals surface area contributed by atoms with Crippen LogP contribution < -0.4 is 5.32 Å². The summed E-state index contributed by atoms with van der Waals surface area (Å²) in [6.07, 6.45) is 1.77. The SMILES string of the molecule is CCC(OC(=O)c1cccnc1)OC(=O)[C@](C)(O)C(C)(C)COS(=O)(=O)CCCNC(C)=O. The number of esters is 2. The van der Waals surface area contributed by atoms with Crippen LogP contribution in [0.5, 0.6) is 0 Å². The molecule has 0 fully saturated rings. The predicted octanol–water partition coefficient (Wildman–Crippen LogP) is 1.17. The fraction of sp³-hybridized carbons (Fsp3) is 0.619. The first kappa shape index (κ1) is 28.5. The van der Waals surface area contributed by atoms with E-state index in [4.69, 9.17) is 13.7 Å². The predicted molar refractivity (Wildman–Crippen MR) is 117 cm³/mol. The van der Waals surface area contributed by atoms with Gasteiger partial charge in [0.25, 0.3) is 10.1 Å². The zero-order chi connectivity index (χ0) is 25.3. The van der Waals surface area contributed by atoms with Crippen molar-refractivity contribution in [1.82, 2.24) is 10.3 Å². The molecule has 0 aliphatic rings. The van der Waals surface area contributed by atoms with Crippen molar-refractivity contribution in [1.29, 1.82) is 0 Å². The van der Waals surface area contributed by atoms with E-state index in [0.29, 0.717) is 0 Å². The van der Waals surface area contributed by atoms with Crippen molar-refractivity contribution in [3.05, 3.63) is 30.1 Å². The van der Waals surface area contributed by atoms with Gasteiger partial charge in [-0.2, -0.15) is 8.42 Å². The van der Waals surface area contributed by atoms with Gasteiger partial charge in [0.2, 0.25) is 12.2 Å². The second-order valence-corrected chi connectivity index (χ2v) is 9.97. The van der Waals surface area contributed by atoms with Gasteiger partial charge in [-0.15, -0.1) is 0 Å². The molecule has 33 heavy (non-hydrogen) atoms. The number of aromatic nitrogens is 1. The van der Waals surface area contributed by atoms with E-state index in [-0.39, 0.29) is 36.6 Å². The van der Waals surface area contributed by atoms with Crippen LogP contribution in [-0.2, 0) is 33.4 Å². The lowest BCUT2D eigenvalue weighted by Gasteiger charge is -2.37. The second-order valence-electron chi connectivity index (χ2n) is 8.21. The van der Waals surface area contributed by atoms with Crippen molar-refractivity contribution in [2.75, 3.05) is 18.9 Å². The molecule has 0 spiro atoms. The monoisotopic (exact) mass is 488 g/mol. The van der Waals surface area contributed by atoms with Crippen LogP contribution in [0.1, 0.15) is 57.8 Å². The van der Waals surface area contributed by atoms with Gasteiger partial charge in [-0.3, -0.25) is 14.0 Å². The molecule has 0 saturated carbocycles. The molecule has 0 saturated heterocycles. The lowest BCUT2D eigenvalue weighted by atomic mass is 9.76. The molecule has 0 aromatic carbocycles. The maximum Gasteiger partial charge on any atom is 0.342 e. The van der Waals surface area contributed by atoms with Crippen molar-refractivity contribution >= 4 is 28.0 Å². The third-order valence-electron chi connectivity index (χ3n) is 4.97. The van der Waals surface area contributed by atoms with Crippen LogP contribution in [0.15, 0.2) is 24.5 Å². The number of aliphatic hydroxyl groups is 1. The van der Waals surface area contributed by atoms with E-state index in [1.54, 1.807) is 13.0 Å². The van der Waals surface area contributed by atoms with Crippen molar-refractivity contribution in [3.63, 3.8) is 0 Å². The summed E-state index contributed by atoms with van der Waals surface area (Å²) in [7, 11) is -3.96. The van der Waals surface area contributed by atoms with Gasteiger partial charge >= 0.3 is 11.9 Å². The Kier molecular flexibility index (Phi) is 10.4. The quantitative estimate of drug-likeness (QED) is 0.179. The summed E-state index contributed by atoms with van der Waals surface area (Å²) in [5.74, 6) is -2.49. The highest BCUT2D eigenvalue weighted by Crippen LogP contribution is 2.33. The number of carbonyl (C=O) groups is 3. The number of amides is 1. The molecule has 1 amide bonds. The molecule has 2 N–H and O–H groups in total. The van der Waals surface area contributed by atoms with Gasteiger partial charge in [0.1, 0.15) is 0 Å². The largest absolute Gasteiger partial charge is 0.423 e. The molecule has 1 aromatic rings. The van der Waals surface area contributed by atoms with Crippen LogP contribution in [0, 0.1) is 5.41 Å². The molecule has 1 unspecified atom stereocenters. The Bertz CT molecular complexity index is 915. The van der Waals surface area contributed by atoms with E-state index in [1.807, 2.05) is 0 Å². The van der Waals surface area contributed by atoms with Crippen LogP contribution in [0.2, 0.25) is 0 Å². The molecule has 186 valence electrons. The van der Waals surface area contributed by atoms with Crippen LogP contribution in [0.25, 0.3) is 0 Å². The number of hydrogen-bond donors (Lipinski definition) is 2. The maximum atomic E-state index is 12.7. The number of carbonyl (C=O) groups excluding carboxylic acids is 3. The van der Waals surface area contributed by atoms with Crippen molar-refractivity contribution < 1.29 is 41.6 Å². The zero-order valence-electron chi connectivity index (χ0n) is 19.5. The highest BCUT2D eigenvalue weighted by molar-refractivity contribution is 7.86. The van der Waals surface area contributed by atoms with E-state index in [1.165, 1.54) is 39.2 Å². The second kappa shape index (κ2) is 12.1. The Hall–Kier alpha value is -2.57. The average molecular weight is 489 g/mol. The highest BCUT2D eigenvalue weighted by Gasteiger charge is 2.49. The number of nitrogens with zero attached hydrogens (tertiary/aromatic N) is 1. The van der Waals surface area contributed by atoms with Crippen LogP contribution >= 0.6 is 0 Å². The lowest BCUT2D eigenvalue weighted by molar-refractivity contribution is -0.201. The first-order chi connectivity index (χ1) is 15.2. The summed E-state index contributed by atoms with van der Waals surface area (Å²) in [6, 6.07) is 3.03. The van der Waals surface area contributed by atoms with Gasteiger partial charge in [-0.25, -0.2) is 9.59 Å². The maximum absolute atomic E-state index is 12.7. The van der Waals surface area contributed by atoms with Crippen molar-refractivity contribution in [2.24, 2.45) is 5.41 Å². The minimum atomic E-state index is -3.96. The van der Waals surface area contributed by atoms with Crippen molar-refractivity contribution in [2.45, 2.75) is 59.4 Å². The smallest absolute Gasteiger partial charge is 0.342 e. The summed E-state index contributed by atoms with van der Waals surface area (Å²) in [5.41, 5.74) is -3.40. The minimum absolute atomic E-state index is 0.118. The summed E-state index contributed by atoms with van der Waals surface area (Å²) in [5, 5.41) is 13.3. The highest BCUT2D eigenvalue weighted by atomic mass is 32.2. The molecule has 1 aromatic heterocycles. The normalized spacial score (nSPS) is 14.6. The fourth-order valence-electron chi connectivity index (χ4n) is 2.32. The molecular weight excluding hydrogens is 456 g/mol. The fourth-order valence-corrected chi connectivity index (χ4v) is 3.41. The van der Waals surface area contributed by atoms with Gasteiger partial charge < -0.3 is 19.9 Å². The summed E-state index contributed by atoms with van der Waals surface area (Å²) >= 11 is 0. The summed E-state index contributed by atoms with van der Waals surface area (Å²) in [6.45, 7) is 6.62. The van der Waals surface area contributed by atoms with E-state index < -0.39 is 46.0 Å². The standard InChI is InChI=1S/C21H32N2O9S/c1-6-17(31-18(25)16-9-7-10-22-13-16)32-19(26)21(5,27)20(3,4)14-30-33(28,29)12-8-11-23-15(2)24/h7,9-10,13,17,27H,6,8,11-12,14H2,1-5H3,(H,23,24)/t17?,21-/m0/s1. The first-order valence-corrected chi connectivity index (χ1v) is 12.0. The topological polar surface area (TPSA) is 158 Å². The number of pyridine rings is 1. The molecule has 2 atom stereocenters. The molecule has 0 bridgehead atoms. The van der Waals surface area contributed by atoms with Gasteiger partial charge in [0.05, 0.1) is 17.9 Å². The number of nitrogens with one attached hydrogen (secondary N) is 1. The lowest BCUT2D eigenvalue weighted by Crippen LogP contribution is -2.53. The van der Waals surface area contributed by atoms with E-state index >= 15 is 0 Å². The number of rotatable bonds is 13. The molecule has 0 aliphatic heterocycles. The average Bonchev–Trinajstić information content (AvgIpc) is 2.75. The molecule has 0 aliphatic carbocycles. The minimum Gasteiger partial charge on any atom is -0.423 e. The molecule has 12 heteroatoms. The molecule has 0 radical (unpaired) electrons. The Balaban J connectivity index is 2.71. The zero-order valence-corrected chi connectivity index (χ0v) is 20.3. The van der Waals surface area contributed by atoms with E-state index in [0.717, 1.165) is 6.92 Å².